The van der Waals surface area contributed by atoms with Gasteiger partial charge in [-0.3, -0.25) is 4.79 Å². The summed E-state index contributed by atoms with van der Waals surface area (Å²) in [6.07, 6.45) is 0.662. The largest absolute Gasteiger partial charge is 0.387 e. The van der Waals surface area contributed by atoms with E-state index in [1.54, 1.807) is 17.8 Å². The monoisotopic (exact) mass is 255 g/mol. The molecule has 0 radical (unpaired) electrons. The molecule has 2 N–H and O–H groups in total. The molecule has 92 valence electrons. The molecule has 1 aromatic carbocycles. The average molecular weight is 255 g/mol. The van der Waals surface area contributed by atoms with E-state index in [1.165, 1.54) is 18.2 Å². The van der Waals surface area contributed by atoms with Crippen LogP contribution in [0.5, 0.6) is 0 Å². The number of benzene rings is 1. The molecular weight excluding hydrogens is 241 g/mol. The Morgan fingerprint density at radius 2 is 2.29 bits per heavy atom. The first kappa shape index (κ1) is 12.4. The first-order valence-electron chi connectivity index (χ1n) is 5.44. The van der Waals surface area contributed by atoms with Gasteiger partial charge in [0.05, 0.1) is 11.2 Å². The molecule has 1 heterocycles. The Balaban J connectivity index is 1.96. The lowest BCUT2D eigenvalue weighted by Gasteiger charge is -2.21. The van der Waals surface area contributed by atoms with Crippen LogP contribution in [-0.4, -0.2) is 34.7 Å². The maximum Gasteiger partial charge on any atom is 0.254 e. The minimum atomic E-state index is -0.842. The summed E-state index contributed by atoms with van der Waals surface area (Å²) in [5, 5.41) is 12.6. The van der Waals surface area contributed by atoms with Crippen LogP contribution in [0.1, 0.15) is 16.8 Å². The number of aliphatic hydroxyl groups is 1. The summed E-state index contributed by atoms with van der Waals surface area (Å²) in [6, 6.07) is 5.82. The first-order valence-corrected chi connectivity index (χ1v) is 6.59. The summed E-state index contributed by atoms with van der Waals surface area (Å²) in [4.78, 5) is 11.7. The molecule has 1 aliphatic rings. The molecule has 1 aromatic rings. The highest BCUT2D eigenvalue weighted by molar-refractivity contribution is 7.99. The van der Waals surface area contributed by atoms with E-state index in [9.17, 15) is 14.3 Å². The number of nitrogens with one attached hydrogen (secondary N) is 1. The average Bonchev–Trinajstić information content (AvgIpc) is 2.74. The Morgan fingerprint density at radius 1 is 1.53 bits per heavy atom. The second-order valence-corrected chi connectivity index (χ2v) is 5.29. The van der Waals surface area contributed by atoms with Gasteiger partial charge >= 0.3 is 0 Å². The van der Waals surface area contributed by atoms with Crippen molar-refractivity contribution in [2.75, 3.05) is 18.1 Å². The number of rotatable bonds is 3. The molecule has 1 aliphatic heterocycles. The second kappa shape index (κ2) is 5.06. The summed E-state index contributed by atoms with van der Waals surface area (Å²) < 4.78 is 13.3. The molecule has 0 bridgehead atoms. The van der Waals surface area contributed by atoms with Crippen LogP contribution in [0.25, 0.3) is 0 Å². The molecule has 1 fully saturated rings. The van der Waals surface area contributed by atoms with Gasteiger partial charge in [0.1, 0.15) is 5.82 Å². The first-order chi connectivity index (χ1) is 8.11. The predicted octanol–water partition coefficient (Wildman–Crippen LogP) is 1.42. The van der Waals surface area contributed by atoms with Gasteiger partial charge in [0, 0.05) is 12.3 Å². The Bertz CT molecular complexity index is 419. The van der Waals surface area contributed by atoms with Gasteiger partial charge in [0.15, 0.2) is 0 Å². The molecule has 1 amide bonds. The number of carbonyl (C=O) groups is 1. The fourth-order valence-corrected chi connectivity index (χ4v) is 3.02. The summed E-state index contributed by atoms with van der Waals surface area (Å²) >= 11 is 1.66. The van der Waals surface area contributed by atoms with E-state index >= 15 is 0 Å². The highest BCUT2D eigenvalue weighted by Gasteiger charge is 2.32. The van der Waals surface area contributed by atoms with E-state index in [-0.39, 0.29) is 12.1 Å². The Labute approximate surface area is 103 Å². The van der Waals surface area contributed by atoms with Crippen molar-refractivity contribution in [3.63, 3.8) is 0 Å². The number of thioether (sulfide) groups is 1. The van der Waals surface area contributed by atoms with Crippen LogP contribution in [0.4, 0.5) is 4.39 Å². The van der Waals surface area contributed by atoms with Crippen LogP contribution >= 0.6 is 11.8 Å². The minimum Gasteiger partial charge on any atom is -0.387 e. The normalized spacial score (nSPS) is 23.6. The summed E-state index contributed by atoms with van der Waals surface area (Å²) in [5.74, 6) is 0.489. The van der Waals surface area contributed by atoms with Crippen molar-refractivity contribution in [1.29, 1.82) is 0 Å². The lowest BCUT2D eigenvalue weighted by Crippen LogP contribution is -2.43. The van der Waals surface area contributed by atoms with E-state index in [1.807, 2.05) is 0 Å². The van der Waals surface area contributed by atoms with Crippen molar-refractivity contribution in [3.05, 3.63) is 35.6 Å². The Kier molecular flexibility index (Phi) is 3.69. The van der Waals surface area contributed by atoms with E-state index in [4.69, 9.17) is 0 Å². The van der Waals surface area contributed by atoms with Crippen molar-refractivity contribution in [2.45, 2.75) is 12.0 Å². The van der Waals surface area contributed by atoms with Crippen molar-refractivity contribution >= 4 is 17.7 Å². The maximum atomic E-state index is 13.3. The molecule has 1 atom stereocenters. The third-order valence-corrected chi connectivity index (χ3v) is 4.01. The van der Waals surface area contributed by atoms with Gasteiger partial charge in [0.2, 0.25) is 0 Å². The highest BCUT2D eigenvalue weighted by Crippen LogP contribution is 2.27. The third-order valence-electron chi connectivity index (χ3n) is 2.78. The van der Waals surface area contributed by atoms with Gasteiger partial charge in [-0.15, -0.1) is 0 Å². The van der Waals surface area contributed by atoms with Crippen molar-refractivity contribution in [1.82, 2.24) is 5.32 Å². The number of hydrogen-bond acceptors (Lipinski definition) is 3. The summed E-state index contributed by atoms with van der Waals surface area (Å²) in [5.41, 5.74) is -0.826. The Hall–Kier alpha value is -1.07. The van der Waals surface area contributed by atoms with Crippen LogP contribution in [0.2, 0.25) is 0 Å². The molecule has 17 heavy (non-hydrogen) atoms. The molecule has 0 aliphatic carbocycles. The molecule has 2 rings (SSSR count). The zero-order valence-electron chi connectivity index (χ0n) is 9.28. The number of amides is 1. The second-order valence-electron chi connectivity index (χ2n) is 4.19. The van der Waals surface area contributed by atoms with Gasteiger partial charge in [0.25, 0.3) is 5.91 Å². The fourth-order valence-electron chi connectivity index (χ4n) is 1.72. The smallest absolute Gasteiger partial charge is 0.254 e. The van der Waals surface area contributed by atoms with E-state index in [0.29, 0.717) is 12.2 Å². The minimum absolute atomic E-state index is 0.0155. The standard InChI is InChI=1S/C12H14FNO2S/c13-10-4-2-1-3-9(10)11(15)14-7-12(16)5-6-17-8-12/h1-4,16H,5-8H2,(H,14,15). The van der Waals surface area contributed by atoms with Crippen LogP contribution in [0, 0.1) is 5.82 Å². The van der Waals surface area contributed by atoms with E-state index < -0.39 is 17.3 Å². The molecule has 0 aromatic heterocycles. The fraction of sp³-hybridized carbons (Fsp3) is 0.417. The molecule has 1 saturated heterocycles. The van der Waals surface area contributed by atoms with Crippen LogP contribution < -0.4 is 5.32 Å². The quantitative estimate of drug-likeness (QED) is 0.859. The lowest BCUT2D eigenvalue weighted by molar-refractivity contribution is 0.0611. The highest BCUT2D eigenvalue weighted by atomic mass is 32.2. The number of carbonyl (C=O) groups excluding carboxylic acids is 1. The molecular formula is C12H14FNO2S. The molecule has 0 spiro atoms. The predicted molar refractivity (Wildman–Crippen MR) is 65.6 cm³/mol. The van der Waals surface area contributed by atoms with Crippen molar-refractivity contribution < 1.29 is 14.3 Å². The number of hydrogen-bond donors (Lipinski definition) is 2. The van der Waals surface area contributed by atoms with Gasteiger partial charge < -0.3 is 10.4 Å². The van der Waals surface area contributed by atoms with Crippen molar-refractivity contribution in [2.24, 2.45) is 0 Å². The molecule has 0 saturated carbocycles. The zero-order valence-corrected chi connectivity index (χ0v) is 10.1. The van der Waals surface area contributed by atoms with Crippen LogP contribution in [-0.2, 0) is 0 Å². The zero-order chi connectivity index (χ0) is 12.3. The van der Waals surface area contributed by atoms with Crippen LogP contribution in [0.15, 0.2) is 24.3 Å². The molecule has 5 heteroatoms. The van der Waals surface area contributed by atoms with Gasteiger partial charge in [-0.1, -0.05) is 12.1 Å². The van der Waals surface area contributed by atoms with Gasteiger partial charge in [-0.05, 0) is 24.3 Å². The topological polar surface area (TPSA) is 49.3 Å². The Morgan fingerprint density at radius 3 is 2.94 bits per heavy atom. The van der Waals surface area contributed by atoms with E-state index in [0.717, 1.165) is 5.75 Å². The summed E-state index contributed by atoms with van der Waals surface area (Å²) in [7, 11) is 0. The van der Waals surface area contributed by atoms with Gasteiger partial charge in [-0.2, -0.15) is 11.8 Å². The van der Waals surface area contributed by atoms with Crippen LogP contribution in [0.3, 0.4) is 0 Å². The van der Waals surface area contributed by atoms with Gasteiger partial charge in [-0.25, -0.2) is 4.39 Å². The summed E-state index contributed by atoms with van der Waals surface area (Å²) in [6.45, 7) is 0.174. The third kappa shape index (κ3) is 2.98. The van der Waals surface area contributed by atoms with Crippen molar-refractivity contribution in [3.8, 4) is 0 Å². The SMILES string of the molecule is O=C(NCC1(O)CCSC1)c1ccccc1F. The molecule has 3 nitrogen and oxygen atoms in total. The molecule has 1 unspecified atom stereocenters. The van der Waals surface area contributed by atoms with E-state index in [2.05, 4.69) is 5.32 Å². The maximum absolute atomic E-state index is 13.3. The lowest BCUT2D eigenvalue weighted by atomic mass is 10.0. The number of halogens is 1.